The third-order valence-corrected chi connectivity index (χ3v) is 7.51. The topological polar surface area (TPSA) is 30.5 Å². The summed E-state index contributed by atoms with van der Waals surface area (Å²) in [5.41, 5.74) is 1.61. The fourth-order valence-corrected chi connectivity index (χ4v) is 5.60. The van der Waals surface area contributed by atoms with Crippen LogP contribution in [0.4, 0.5) is 8.78 Å². The van der Waals surface area contributed by atoms with Crippen molar-refractivity contribution in [1.82, 2.24) is 5.32 Å². The lowest BCUT2D eigenvalue weighted by Gasteiger charge is -2.33. The van der Waals surface area contributed by atoms with Crippen LogP contribution in [0.25, 0.3) is 0 Å². The molecule has 2 atom stereocenters. The summed E-state index contributed by atoms with van der Waals surface area (Å²) in [4.78, 5) is 0. The van der Waals surface area contributed by atoms with Crippen molar-refractivity contribution in [3.05, 3.63) is 65.2 Å². The molecule has 3 nitrogen and oxygen atoms in total. The molecule has 0 heterocycles. The third kappa shape index (κ3) is 6.50. The maximum absolute atomic E-state index is 14.6. The van der Waals surface area contributed by atoms with Crippen LogP contribution in [-0.4, -0.2) is 24.3 Å². The van der Waals surface area contributed by atoms with Crippen LogP contribution >= 0.6 is 12.4 Å². The van der Waals surface area contributed by atoms with Crippen LogP contribution in [-0.2, 0) is 11.3 Å². The Bertz CT molecular complexity index is 914. The SMILES string of the molecule is Cl.Fc1cc(F)c(OCc2ccccc2)c([C@@H]2C[C@H]2NC2CCC(OC3CCCCC3)CC2)c1. The van der Waals surface area contributed by atoms with E-state index in [1.165, 1.54) is 38.2 Å². The van der Waals surface area contributed by atoms with E-state index in [4.69, 9.17) is 9.47 Å². The van der Waals surface area contributed by atoms with Crippen LogP contribution in [0.1, 0.15) is 81.3 Å². The van der Waals surface area contributed by atoms with Gasteiger partial charge in [-0.1, -0.05) is 49.6 Å². The van der Waals surface area contributed by atoms with Gasteiger partial charge in [-0.25, -0.2) is 8.78 Å². The van der Waals surface area contributed by atoms with Gasteiger partial charge in [-0.3, -0.25) is 0 Å². The molecule has 3 saturated carbocycles. The predicted octanol–water partition coefficient (Wildman–Crippen LogP) is 7.07. The molecule has 0 aliphatic heterocycles. The molecule has 0 amide bonds. The number of benzene rings is 2. The summed E-state index contributed by atoms with van der Waals surface area (Å²) in [5, 5.41) is 3.75. The Morgan fingerprint density at radius 1 is 0.853 bits per heavy atom. The van der Waals surface area contributed by atoms with Gasteiger partial charge in [0.25, 0.3) is 0 Å². The summed E-state index contributed by atoms with van der Waals surface area (Å²) in [5.74, 6) is -0.871. The fourth-order valence-electron chi connectivity index (χ4n) is 5.60. The van der Waals surface area contributed by atoms with Gasteiger partial charge in [0, 0.05) is 29.6 Å². The average Bonchev–Trinajstić information content (AvgIpc) is 3.59. The van der Waals surface area contributed by atoms with Gasteiger partial charge in [0.1, 0.15) is 12.4 Å². The second kappa shape index (κ2) is 11.8. The molecule has 0 bridgehead atoms. The van der Waals surface area contributed by atoms with Gasteiger partial charge < -0.3 is 14.8 Å². The van der Waals surface area contributed by atoms with E-state index < -0.39 is 11.6 Å². The maximum atomic E-state index is 14.6. The molecule has 0 radical (unpaired) electrons. The van der Waals surface area contributed by atoms with Gasteiger partial charge in [-0.15, -0.1) is 12.4 Å². The molecule has 34 heavy (non-hydrogen) atoms. The molecule has 0 unspecified atom stereocenters. The van der Waals surface area contributed by atoms with Gasteiger partial charge in [-0.2, -0.15) is 0 Å². The highest BCUT2D eigenvalue weighted by atomic mass is 35.5. The number of hydrogen-bond acceptors (Lipinski definition) is 3. The van der Waals surface area contributed by atoms with E-state index in [1.807, 2.05) is 30.3 Å². The van der Waals surface area contributed by atoms with Crippen molar-refractivity contribution in [2.24, 2.45) is 0 Å². The number of halogens is 3. The van der Waals surface area contributed by atoms with E-state index in [-0.39, 0.29) is 36.7 Å². The molecule has 6 heteroatoms. The van der Waals surface area contributed by atoms with E-state index in [2.05, 4.69) is 5.32 Å². The van der Waals surface area contributed by atoms with E-state index >= 15 is 0 Å². The Balaban J connectivity index is 0.00000274. The van der Waals surface area contributed by atoms with Gasteiger partial charge in [0.2, 0.25) is 0 Å². The number of rotatable bonds is 8. The van der Waals surface area contributed by atoms with Crippen LogP contribution in [0.2, 0.25) is 0 Å². The lowest BCUT2D eigenvalue weighted by Crippen LogP contribution is -2.38. The first-order valence-corrected chi connectivity index (χ1v) is 12.7. The van der Waals surface area contributed by atoms with Crippen molar-refractivity contribution in [3.63, 3.8) is 0 Å². The Morgan fingerprint density at radius 2 is 1.56 bits per heavy atom. The van der Waals surface area contributed by atoms with Crippen molar-refractivity contribution < 1.29 is 18.3 Å². The number of nitrogens with one attached hydrogen (secondary N) is 1. The molecular formula is C28H36ClF2NO2. The van der Waals surface area contributed by atoms with Gasteiger partial charge in [0.05, 0.1) is 12.2 Å². The summed E-state index contributed by atoms with van der Waals surface area (Å²) in [6.45, 7) is 0.270. The summed E-state index contributed by atoms with van der Waals surface area (Å²) in [7, 11) is 0. The second-order valence-electron chi connectivity index (χ2n) is 10.1. The van der Waals surface area contributed by atoms with Crippen molar-refractivity contribution in [2.45, 2.75) is 101 Å². The third-order valence-electron chi connectivity index (χ3n) is 7.51. The second-order valence-corrected chi connectivity index (χ2v) is 10.1. The minimum absolute atomic E-state index is 0. The van der Waals surface area contributed by atoms with E-state index in [9.17, 15) is 8.78 Å². The average molecular weight is 492 g/mol. The molecule has 3 aliphatic rings. The minimum atomic E-state index is -0.619. The maximum Gasteiger partial charge on any atom is 0.168 e. The molecule has 0 aromatic heterocycles. The van der Waals surface area contributed by atoms with Crippen molar-refractivity contribution in [1.29, 1.82) is 0 Å². The molecule has 1 N–H and O–H groups in total. The number of ether oxygens (including phenoxy) is 2. The molecule has 0 spiro atoms. The molecule has 5 rings (SSSR count). The van der Waals surface area contributed by atoms with E-state index in [0.29, 0.717) is 23.8 Å². The zero-order chi connectivity index (χ0) is 22.6. The van der Waals surface area contributed by atoms with Crippen LogP contribution < -0.4 is 10.1 Å². The smallest absolute Gasteiger partial charge is 0.168 e. The minimum Gasteiger partial charge on any atom is -0.486 e. The van der Waals surface area contributed by atoms with Crippen LogP contribution in [0.3, 0.4) is 0 Å². The molecule has 2 aromatic carbocycles. The highest BCUT2D eigenvalue weighted by molar-refractivity contribution is 5.85. The standard InChI is InChI=1S/C28H35F2NO2.ClH/c29-20-15-25(28(26(30)16-20)32-18-19-7-3-1-4-8-19)24-17-27(24)31-21-11-13-23(14-12-21)33-22-9-5-2-6-10-22;/h1,3-4,7-8,15-16,21-24,27,31H,2,5-6,9-14,17-18H2;1H/t21?,23?,24-,27+;/m0./s1. The molecule has 3 aliphatic carbocycles. The zero-order valence-corrected chi connectivity index (χ0v) is 20.5. The first-order chi connectivity index (χ1) is 16.2. The number of hydrogen-bond donors (Lipinski definition) is 1. The highest BCUT2D eigenvalue weighted by Gasteiger charge is 2.42. The van der Waals surface area contributed by atoms with Crippen molar-refractivity contribution in [3.8, 4) is 5.75 Å². The van der Waals surface area contributed by atoms with Crippen LogP contribution in [0.15, 0.2) is 42.5 Å². The first kappa shape index (κ1) is 25.4. The fraction of sp³-hybridized carbons (Fsp3) is 0.571. The van der Waals surface area contributed by atoms with Crippen LogP contribution in [0, 0.1) is 11.6 Å². The Labute approximate surface area is 208 Å². The van der Waals surface area contributed by atoms with Crippen molar-refractivity contribution in [2.75, 3.05) is 0 Å². The zero-order valence-electron chi connectivity index (χ0n) is 19.7. The largest absolute Gasteiger partial charge is 0.486 e. The summed E-state index contributed by atoms with van der Waals surface area (Å²) >= 11 is 0. The molecule has 0 saturated heterocycles. The molecule has 3 fully saturated rings. The van der Waals surface area contributed by atoms with E-state index in [0.717, 1.165) is 43.7 Å². The predicted molar refractivity (Wildman–Crippen MR) is 133 cm³/mol. The van der Waals surface area contributed by atoms with Gasteiger partial charge in [0.15, 0.2) is 11.6 Å². The Hall–Kier alpha value is -1.69. The van der Waals surface area contributed by atoms with E-state index in [1.54, 1.807) is 0 Å². The summed E-state index contributed by atoms with van der Waals surface area (Å²) in [6, 6.07) is 12.8. The molecule has 2 aromatic rings. The highest BCUT2D eigenvalue weighted by Crippen LogP contribution is 2.47. The summed E-state index contributed by atoms with van der Waals surface area (Å²) < 4.78 is 40.9. The van der Waals surface area contributed by atoms with Gasteiger partial charge in [-0.05, 0) is 56.6 Å². The lowest BCUT2D eigenvalue weighted by atomic mass is 9.91. The Kier molecular flexibility index (Phi) is 8.84. The normalized spacial score (nSPS) is 27.1. The monoisotopic (exact) mass is 491 g/mol. The lowest BCUT2D eigenvalue weighted by molar-refractivity contribution is -0.0482. The van der Waals surface area contributed by atoms with Gasteiger partial charge >= 0.3 is 0 Å². The first-order valence-electron chi connectivity index (χ1n) is 12.7. The van der Waals surface area contributed by atoms with Crippen molar-refractivity contribution >= 4 is 12.4 Å². The Morgan fingerprint density at radius 3 is 2.29 bits per heavy atom. The summed E-state index contributed by atoms with van der Waals surface area (Å²) in [6.07, 6.45) is 12.6. The van der Waals surface area contributed by atoms with Crippen LogP contribution in [0.5, 0.6) is 5.75 Å². The quantitative estimate of drug-likeness (QED) is 0.428. The molecule has 186 valence electrons. The molecular weight excluding hydrogens is 456 g/mol.